The van der Waals surface area contributed by atoms with Gasteiger partial charge in [0.15, 0.2) is 0 Å². The van der Waals surface area contributed by atoms with Gasteiger partial charge in [-0.15, -0.1) is 0 Å². The van der Waals surface area contributed by atoms with Crippen LogP contribution in [0.15, 0.2) is 11.6 Å². The van der Waals surface area contributed by atoms with Crippen LogP contribution in [0.25, 0.3) is 0 Å². The van der Waals surface area contributed by atoms with Crippen LogP contribution in [0, 0.1) is 0 Å². The zero-order valence-corrected chi connectivity index (χ0v) is 11.4. The van der Waals surface area contributed by atoms with Crippen LogP contribution in [0.3, 0.4) is 0 Å². The zero-order chi connectivity index (χ0) is 11.9. The number of nitrogens with zero attached hydrogens (tertiary/aromatic N) is 2. The van der Waals surface area contributed by atoms with Crippen molar-refractivity contribution in [2.75, 3.05) is 11.9 Å². The van der Waals surface area contributed by atoms with Crippen LogP contribution in [0.1, 0.15) is 51.3 Å². The molecule has 0 unspecified atom stereocenters. The Bertz CT molecular complexity index is 370. The summed E-state index contributed by atoms with van der Waals surface area (Å²) in [7, 11) is 0. The lowest BCUT2D eigenvalue weighted by molar-refractivity contribution is 0.679. The average molecular weight is 251 g/mol. The Morgan fingerprint density at radius 3 is 3.06 bits per heavy atom. The lowest BCUT2D eigenvalue weighted by Crippen LogP contribution is -2.04. The van der Waals surface area contributed by atoms with Gasteiger partial charge in [-0.3, -0.25) is 0 Å². The molecule has 0 saturated heterocycles. The number of anilines is 1. The molecule has 1 aromatic rings. The largest absolute Gasteiger partial charge is 0.360 e. The predicted molar refractivity (Wildman–Crippen MR) is 73.6 cm³/mol. The molecule has 1 heterocycles. The molecule has 0 atom stereocenters. The second-order valence-electron chi connectivity index (χ2n) is 4.55. The first-order valence-electron chi connectivity index (χ1n) is 6.63. The highest BCUT2D eigenvalue weighted by molar-refractivity contribution is 7.09. The number of aryl methyl sites for hydroxylation is 1. The van der Waals surface area contributed by atoms with E-state index in [1.165, 1.54) is 37.2 Å². The first kappa shape index (κ1) is 12.6. The van der Waals surface area contributed by atoms with Crippen molar-refractivity contribution in [3.8, 4) is 0 Å². The topological polar surface area (TPSA) is 37.8 Å². The van der Waals surface area contributed by atoms with Crippen LogP contribution in [0.5, 0.6) is 0 Å². The van der Waals surface area contributed by atoms with Gasteiger partial charge in [0.25, 0.3) is 0 Å². The summed E-state index contributed by atoms with van der Waals surface area (Å²) in [6.45, 7) is 3.15. The summed E-state index contributed by atoms with van der Waals surface area (Å²) in [5.74, 6) is 0.983. The average Bonchev–Trinajstić information content (AvgIpc) is 2.79. The number of hydrogen-bond acceptors (Lipinski definition) is 4. The zero-order valence-electron chi connectivity index (χ0n) is 10.5. The van der Waals surface area contributed by atoms with Crippen LogP contribution in [0.4, 0.5) is 5.13 Å². The first-order valence-corrected chi connectivity index (χ1v) is 7.40. The van der Waals surface area contributed by atoms with Crippen molar-refractivity contribution >= 4 is 16.7 Å². The second-order valence-corrected chi connectivity index (χ2v) is 5.30. The minimum absolute atomic E-state index is 0.977. The van der Waals surface area contributed by atoms with Gasteiger partial charge >= 0.3 is 0 Å². The summed E-state index contributed by atoms with van der Waals surface area (Å²) in [5, 5.41) is 4.35. The van der Waals surface area contributed by atoms with Crippen molar-refractivity contribution in [3.63, 3.8) is 0 Å². The van der Waals surface area contributed by atoms with Gasteiger partial charge < -0.3 is 5.32 Å². The molecule has 1 N–H and O–H groups in total. The summed E-state index contributed by atoms with van der Waals surface area (Å²) in [6.07, 6.45) is 11.0. The van der Waals surface area contributed by atoms with E-state index in [-0.39, 0.29) is 0 Å². The Morgan fingerprint density at radius 2 is 2.29 bits per heavy atom. The normalized spacial score (nSPS) is 15.7. The van der Waals surface area contributed by atoms with E-state index in [0.717, 1.165) is 36.8 Å². The van der Waals surface area contributed by atoms with Crippen molar-refractivity contribution in [1.82, 2.24) is 9.36 Å². The molecule has 94 valence electrons. The van der Waals surface area contributed by atoms with Crippen LogP contribution < -0.4 is 5.32 Å². The molecule has 0 radical (unpaired) electrons. The monoisotopic (exact) mass is 251 g/mol. The van der Waals surface area contributed by atoms with E-state index >= 15 is 0 Å². The van der Waals surface area contributed by atoms with E-state index in [1.807, 2.05) is 0 Å². The summed E-state index contributed by atoms with van der Waals surface area (Å²) in [5.41, 5.74) is 1.61. The van der Waals surface area contributed by atoms with E-state index in [0.29, 0.717) is 0 Å². The van der Waals surface area contributed by atoms with Crippen LogP contribution >= 0.6 is 11.5 Å². The minimum atomic E-state index is 0.977. The Labute approximate surface area is 108 Å². The Hall–Kier alpha value is -0.900. The highest BCUT2D eigenvalue weighted by atomic mass is 32.1. The molecular formula is C13H21N3S. The Kier molecular flexibility index (Phi) is 4.98. The van der Waals surface area contributed by atoms with Crippen LogP contribution in [0.2, 0.25) is 0 Å². The van der Waals surface area contributed by atoms with Crippen LogP contribution in [-0.4, -0.2) is 15.9 Å². The number of allylic oxidation sites excluding steroid dienone is 1. The fourth-order valence-corrected chi connectivity index (χ4v) is 2.75. The van der Waals surface area contributed by atoms with Gasteiger partial charge in [-0.1, -0.05) is 18.6 Å². The summed E-state index contributed by atoms with van der Waals surface area (Å²) < 4.78 is 4.32. The summed E-state index contributed by atoms with van der Waals surface area (Å²) in [4.78, 5) is 4.46. The van der Waals surface area contributed by atoms with E-state index in [9.17, 15) is 0 Å². The van der Waals surface area contributed by atoms with Crippen molar-refractivity contribution in [1.29, 1.82) is 0 Å². The van der Waals surface area contributed by atoms with Crippen molar-refractivity contribution in [2.24, 2.45) is 0 Å². The third kappa shape index (κ3) is 4.11. The molecule has 3 nitrogen and oxygen atoms in total. The fraction of sp³-hybridized carbons (Fsp3) is 0.692. The molecule has 0 spiro atoms. The molecule has 17 heavy (non-hydrogen) atoms. The van der Waals surface area contributed by atoms with Gasteiger partial charge in [-0.25, -0.2) is 4.98 Å². The lowest BCUT2D eigenvalue weighted by Gasteiger charge is -2.12. The number of nitrogens with one attached hydrogen (secondary N) is 1. The molecule has 0 saturated carbocycles. The number of hydrogen-bond donors (Lipinski definition) is 1. The first-order chi connectivity index (χ1) is 8.38. The van der Waals surface area contributed by atoms with Gasteiger partial charge in [0, 0.05) is 24.5 Å². The Morgan fingerprint density at radius 1 is 1.35 bits per heavy atom. The molecule has 2 rings (SSSR count). The molecule has 0 aromatic carbocycles. The van der Waals surface area contributed by atoms with Crippen LogP contribution in [-0.2, 0) is 6.42 Å². The highest BCUT2D eigenvalue weighted by Gasteiger charge is 2.05. The maximum atomic E-state index is 4.46. The maximum Gasteiger partial charge on any atom is 0.202 e. The molecule has 0 bridgehead atoms. The van der Waals surface area contributed by atoms with Gasteiger partial charge in [-0.2, -0.15) is 4.37 Å². The maximum absolute atomic E-state index is 4.46. The molecule has 1 aromatic heterocycles. The van der Waals surface area contributed by atoms with E-state index in [2.05, 4.69) is 27.7 Å². The van der Waals surface area contributed by atoms with E-state index < -0.39 is 0 Å². The van der Waals surface area contributed by atoms with E-state index in [1.54, 1.807) is 5.57 Å². The molecule has 1 aliphatic rings. The smallest absolute Gasteiger partial charge is 0.202 e. The molecular weight excluding hydrogens is 230 g/mol. The molecule has 1 aliphatic carbocycles. The van der Waals surface area contributed by atoms with Crippen molar-refractivity contribution in [3.05, 3.63) is 17.5 Å². The number of aromatic nitrogens is 2. The Balaban J connectivity index is 1.71. The molecule has 0 aliphatic heterocycles. The van der Waals surface area contributed by atoms with Gasteiger partial charge in [-0.05, 0) is 38.5 Å². The SMILES string of the molecule is CCCc1nsc(NCCC2=CCCCC2)n1. The number of rotatable bonds is 6. The fourth-order valence-electron chi connectivity index (χ4n) is 2.11. The van der Waals surface area contributed by atoms with Crippen molar-refractivity contribution in [2.45, 2.75) is 51.9 Å². The third-order valence-electron chi connectivity index (χ3n) is 3.05. The standard InChI is InChI=1S/C13H21N3S/c1-2-6-12-15-13(17-16-12)14-10-9-11-7-4-3-5-8-11/h7H,2-6,8-10H2,1H3,(H,14,15,16). The molecule has 0 fully saturated rings. The molecule has 0 amide bonds. The second kappa shape index (κ2) is 6.74. The lowest BCUT2D eigenvalue weighted by atomic mass is 9.97. The third-order valence-corrected chi connectivity index (χ3v) is 3.76. The van der Waals surface area contributed by atoms with E-state index in [4.69, 9.17) is 0 Å². The highest BCUT2D eigenvalue weighted by Crippen LogP contribution is 2.20. The summed E-state index contributed by atoms with van der Waals surface area (Å²) in [6, 6.07) is 0. The predicted octanol–water partition coefficient (Wildman–Crippen LogP) is 3.79. The quantitative estimate of drug-likeness (QED) is 0.782. The molecule has 4 heteroatoms. The van der Waals surface area contributed by atoms with Crippen molar-refractivity contribution < 1.29 is 0 Å². The van der Waals surface area contributed by atoms with Gasteiger partial charge in [0.2, 0.25) is 5.13 Å². The van der Waals surface area contributed by atoms with Gasteiger partial charge in [0.1, 0.15) is 5.82 Å². The van der Waals surface area contributed by atoms with Gasteiger partial charge in [0.05, 0.1) is 0 Å². The summed E-state index contributed by atoms with van der Waals surface area (Å²) >= 11 is 1.48. The minimum Gasteiger partial charge on any atom is -0.360 e.